The minimum Gasteiger partial charge on any atom is -0.495 e. The van der Waals surface area contributed by atoms with Crippen LogP contribution < -0.4 is 10.1 Å². The lowest BCUT2D eigenvalue weighted by atomic mass is 10.2. The predicted molar refractivity (Wildman–Crippen MR) is 87.1 cm³/mol. The molecule has 126 valence electrons. The monoisotopic (exact) mass is 341 g/mol. The molecule has 23 heavy (non-hydrogen) atoms. The summed E-state index contributed by atoms with van der Waals surface area (Å²) in [6, 6.07) is 5.04. The molecule has 1 aromatic rings. The molecule has 0 aliphatic carbocycles. The van der Waals surface area contributed by atoms with E-state index in [-0.39, 0.29) is 18.5 Å². The average molecular weight is 342 g/mol. The Kier molecular flexibility index (Phi) is 6.06. The van der Waals surface area contributed by atoms with E-state index in [1.54, 1.807) is 23.1 Å². The Balaban J connectivity index is 1.87. The van der Waals surface area contributed by atoms with Crippen molar-refractivity contribution >= 4 is 29.3 Å². The van der Waals surface area contributed by atoms with Crippen molar-refractivity contribution < 1.29 is 19.1 Å². The van der Waals surface area contributed by atoms with Crippen molar-refractivity contribution in [1.82, 2.24) is 9.80 Å². The van der Waals surface area contributed by atoms with Crippen molar-refractivity contribution in [2.24, 2.45) is 0 Å². The molecule has 0 bridgehead atoms. The van der Waals surface area contributed by atoms with Crippen LogP contribution in [-0.2, 0) is 9.53 Å². The second-order valence-electron chi connectivity index (χ2n) is 5.13. The van der Waals surface area contributed by atoms with Crippen LogP contribution in [0, 0.1) is 0 Å². The molecule has 0 unspecified atom stereocenters. The van der Waals surface area contributed by atoms with E-state index in [9.17, 15) is 9.59 Å². The number of hydrogen-bond acceptors (Lipinski definition) is 5. The summed E-state index contributed by atoms with van der Waals surface area (Å²) in [5, 5.41) is 3.32. The molecule has 2 amide bonds. The standard InChI is InChI=1S/C15H20ClN3O4/c1-22-13-4-3-11(16)9-12(13)17-14(20)10-18-5-7-19(8-6-18)15(21)23-2/h3-4,9H,5-8,10H2,1-2H3,(H,17,20). The van der Waals surface area contributed by atoms with Gasteiger partial charge in [0.25, 0.3) is 0 Å². The first-order valence-electron chi connectivity index (χ1n) is 7.22. The SMILES string of the molecule is COC(=O)N1CCN(CC(=O)Nc2cc(Cl)ccc2OC)CC1. The normalized spacial score (nSPS) is 15.2. The van der Waals surface area contributed by atoms with E-state index in [1.807, 2.05) is 4.90 Å². The van der Waals surface area contributed by atoms with Gasteiger partial charge in [-0.2, -0.15) is 0 Å². The van der Waals surface area contributed by atoms with E-state index >= 15 is 0 Å². The van der Waals surface area contributed by atoms with E-state index in [2.05, 4.69) is 10.1 Å². The molecule has 0 radical (unpaired) electrons. The van der Waals surface area contributed by atoms with Gasteiger partial charge in [0.15, 0.2) is 0 Å². The van der Waals surface area contributed by atoms with Crippen LogP contribution >= 0.6 is 11.6 Å². The number of benzene rings is 1. The molecular formula is C15H20ClN3O4. The van der Waals surface area contributed by atoms with Gasteiger partial charge in [0.05, 0.1) is 26.5 Å². The summed E-state index contributed by atoms with van der Waals surface area (Å²) in [6.07, 6.45) is -0.335. The van der Waals surface area contributed by atoms with Crippen molar-refractivity contribution in [3.8, 4) is 5.75 Å². The van der Waals surface area contributed by atoms with Gasteiger partial charge in [-0.3, -0.25) is 9.69 Å². The third-order valence-corrected chi connectivity index (χ3v) is 3.84. The van der Waals surface area contributed by atoms with Crippen LogP contribution in [0.25, 0.3) is 0 Å². The number of amides is 2. The Hall–Kier alpha value is -1.99. The molecule has 8 heteroatoms. The third-order valence-electron chi connectivity index (χ3n) is 3.61. The fourth-order valence-electron chi connectivity index (χ4n) is 2.39. The summed E-state index contributed by atoms with van der Waals surface area (Å²) in [7, 11) is 2.89. The molecule has 0 aromatic heterocycles. The molecule has 0 spiro atoms. The van der Waals surface area contributed by atoms with Gasteiger partial charge in [-0.15, -0.1) is 0 Å². The van der Waals surface area contributed by atoms with Crippen LogP contribution in [0.5, 0.6) is 5.75 Å². The summed E-state index contributed by atoms with van der Waals surface area (Å²) < 4.78 is 9.88. The number of hydrogen-bond donors (Lipinski definition) is 1. The zero-order valence-corrected chi connectivity index (χ0v) is 13.9. The van der Waals surface area contributed by atoms with Gasteiger partial charge in [0.2, 0.25) is 5.91 Å². The zero-order chi connectivity index (χ0) is 16.8. The van der Waals surface area contributed by atoms with Crippen molar-refractivity contribution in [1.29, 1.82) is 0 Å². The number of rotatable bonds is 4. The van der Waals surface area contributed by atoms with Gasteiger partial charge < -0.3 is 19.7 Å². The Bertz CT molecular complexity index is 574. The highest BCUT2D eigenvalue weighted by molar-refractivity contribution is 6.31. The number of anilines is 1. The number of piperazine rings is 1. The predicted octanol–water partition coefficient (Wildman–Crippen LogP) is 1.67. The number of ether oxygens (including phenoxy) is 2. The highest BCUT2D eigenvalue weighted by atomic mass is 35.5. The van der Waals surface area contributed by atoms with Crippen molar-refractivity contribution in [3.63, 3.8) is 0 Å². The maximum Gasteiger partial charge on any atom is 0.409 e. The minimum atomic E-state index is -0.335. The number of methoxy groups -OCH3 is 2. The highest BCUT2D eigenvalue weighted by Crippen LogP contribution is 2.27. The molecule has 1 aliphatic heterocycles. The molecule has 7 nitrogen and oxygen atoms in total. The first kappa shape index (κ1) is 17.4. The molecule has 1 heterocycles. The smallest absolute Gasteiger partial charge is 0.409 e. The van der Waals surface area contributed by atoms with Gasteiger partial charge in [-0.05, 0) is 18.2 Å². The number of nitrogens with one attached hydrogen (secondary N) is 1. The average Bonchev–Trinajstić information content (AvgIpc) is 2.55. The largest absolute Gasteiger partial charge is 0.495 e. The van der Waals surface area contributed by atoms with Crippen LogP contribution in [0.3, 0.4) is 0 Å². The third kappa shape index (κ3) is 4.74. The van der Waals surface area contributed by atoms with Crippen LogP contribution in [0.2, 0.25) is 5.02 Å². The Labute approximate surface area is 140 Å². The van der Waals surface area contributed by atoms with E-state index in [1.165, 1.54) is 14.2 Å². The van der Waals surface area contributed by atoms with Crippen LogP contribution in [0.1, 0.15) is 0 Å². The summed E-state index contributed by atoms with van der Waals surface area (Å²) in [5.41, 5.74) is 0.540. The van der Waals surface area contributed by atoms with Crippen LogP contribution in [0.4, 0.5) is 10.5 Å². The summed E-state index contributed by atoms with van der Waals surface area (Å²) in [5.74, 6) is 0.398. The Morgan fingerprint density at radius 1 is 1.22 bits per heavy atom. The van der Waals surface area contributed by atoms with Crippen LogP contribution in [0.15, 0.2) is 18.2 Å². The summed E-state index contributed by atoms with van der Waals surface area (Å²) in [6.45, 7) is 2.57. The quantitative estimate of drug-likeness (QED) is 0.902. The number of carbonyl (C=O) groups excluding carboxylic acids is 2. The molecular weight excluding hydrogens is 322 g/mol. The van der Waals surface area contributed by atoms with Gasteiger partial charge in [-0.1, -0.05) is 11.6 Å². The molecule has 1 N–H and O–H groups in total. The lowest BCUT2D eigenvalue weighted by molar-refractivity contribution is -0.117. The number of carbonyl (C=O) groups is 2. The molecule has 1 saturated heterocycles. The molecule has 1 aliphatic rings. The second-order valence-corrected chi connectivity index (χ2v) is 5.56. The summed E-state index contributed by atoms with van der Waals surface area (Å²) in [4.78, 5) is 27.2. The Morgan fingerprint density at radius 2 is 1.91 bits per heavy atom. The van der Waals surface area contributed by atoms with E-state index in [0.29, 0.717) is 42.6 Å². The van der Waals surface area contributed by atoms with Gasteiger partial charge in [-0.25, -0.2) is 4.79 Å². The van der Waals surface area contributed by atoms with Crippen molar-refractivity contribution in [2.45, 2.75) is 0 Å². The van der Waals surface area contributed by atoms with Crippen molar-refractivity contribution in [3.05, 3.63) is 23.2 Å². The molecule has 2 rings (SSSR count). The second kappa shape index (κ2) is 8.03. The minimum absolute atomic E-state index is 0.155. The zero-order valence-electron chi connectivity index (χ0n) is 13.2. The topological polar surface area (TPSA) is 71.1 Å². The number of nitrogens with zero attached hydrogens (tertiary/aromatic N) is 2. The maximum atomic E-state index is 12.2. The maximum absolute atomic E-state index is 12.2. The summed E-state index contributed by atoms with van der Waals surface area (Å²) >= 11 is 5.94. The fourth-order valence-corrected chi connectivity index (χ4v) is 2.56. The molecule has 1 fully saturated rings. The van der Waals surface area contributed by atoms with Gasteiger partial charge >= 0.3 is 6.09 Å². The lowest BCUT2D eigenvalue weighted by Crippen LogP contribution is -2.50. The first-order chi connectivity index (χ1) is 11.0. The Morgan fingerprint density at radius 3 is 2.52 bits per heavy atom. The van der Waals surface area contributed by atoms with Crippen molar-refractivity contribution in [2.75, 3.05) is 52.3 Å². The fraction of sp³-hybridized carbons (Fsp3) is 0.467. The molecule has 0 atom stereocenters. The van der Waals surface area contributed by atoms with Gasteiger partial charge in [0, 0.05) is 31.2 Å². The highest BCUT2D eigenvalue weighted by Gasteiger charge is 2.23. The van der Waals surface area contributed by atoms with Gasteiger partial charge in [0.1, 0.15) is 5.75 Å². The molecule has 0 saturated carbocycles. The van der Waals surface area contributed by atoms with Crippen LogP contribution in [-0.4, -0.2) is 68.7 Å². The molecule has 1 aromatic carbocycles. The lowest BCUT2D eigenvalue weighted by Gasteiger charge is -2.33. The number of halogens is 1. The first-order valence-corrected chi connectivity index (χ1v) is 7.60. The van der Waals surface area contributed by atoms with E-state index in [0.717, 1.165) is 0 Å². The van der Waals surface area contributed by atoms with E-state index < -0.39 is 0 Å². The van der Waals surface area contributed by atoms with E-state index in [4.69, 9.17) is 16.3 Å².